The first kappa shape index (κ1) is 18.0. The Morgan fingerprint density at radius 3 is 2.58 bits per heavy atom. The summed E-state index contributed by atoms with van der Waals surface area (Å²) >= 11 is 0. The first-order chi connectivity index (χ1) is 12.4. The third-order valence-corrected chi connectivity index (χ3v) is 4.74. The topological polar surface area (TPSA) is 53.3 Å². The molecule has 1 unspecified atom stereocenters. The maximum atomic E-state index is 12.2. The number of benzene rings is 2. The Balaban J connectivity index is 1.60. The average Bonchev–Trinajstić information content (AvgIpc) is 3.00. The predicted octanol–water partition coefficient (Wildman–Crippen LogP) is 4.81. The van der Waals surface area contributed by atoms with Crippen LogP contribution in [-0.2, 0) is 16.6 Å². The van der Waals surface area contributed by atoms with E-state index in [-0.39, 0.29) is 17.6 Å². The summed E-state index contributed by atoms with van der Waals surface area (Å²) in [6.07, 6.45) is 1.19. The summed E-state index contributed by atoms with van der Waals surface area (Å²) in [4.78, 5) is 13.8. The fraction of sp³-hybridized carbons (Fsp3) is 0.364. The van der Waals surface area contributed by atoms with Gasteiger partial charge in [-0.2, -0.15) is 5.26 Å². The van der Waals surface area contributed by atoms with Gasteiger partial charge in [-0.05, 0) is 47.6 Å². The van der Waals surface area contributed by atoms with Gasteiger partial charge in [0.15, 0.2) is 0 Å². The highest BCUT2D eigenvalue weighted by Crippen LogP contribution is 2.26. The first-order valence-electron chi connectivity index (χ1n) is 8.94. The Labute approximate surface area is 155 Å². The number of anilines is 1. The van der Waals surface area contributed by atoms with Crippen molar-refractivity contribution in [3.63, 3.8) is 0 Å². The van der Waals surface area contributed by atoms with E-state index in [4.69, 9.17) is 10.00 Å². The zero-order valence-electron chi connectivity index (χ0n) is 15.5. The molecule has 4 nitrogen and oxygen atoms in total. The maximum absolute atomic E-state index is 12.2. The van der Waals surface area contributed by atoms with Gasteiger partial charge in [0.25, 0.3) is 0 Å². The summed E-state index contributed by atoms with van der Waals surface area (Å²) in [6, 6.07) is 17.8. The minimum Gasteiger partial charge on any atom is -0.444 e. The van der Waals surface area contributed by atoms with Crippen molar-refractivity contribution in [3.8, 4) is 6.07 Å². The molecule has 1 aliphatic heterocycles. The number of aryl methyl sites for hydroxylation is 1. The molecular weight excluding hydrogens is 324 g/mol. The second-order valence-electron chi connectivity index (χ2n) is 7.76. The molecule has 2 aromatic rings. The molecule has 0 saturated carbocycles. The van der Waals surface area contributed by atoms with E-state index in [9.17, 15) is 4.79 Å². The molecule has 4 heteroatoms. The lowest BCUT2D eigenvalue weighted by molar-refractivity contribution is 0.137. The van der Waals surface area contributed by atoms with Crippen LogP contribution in [0.1, 0.15) is 43.9 Å². The number of hydrogen-bond acceptors (Lipinski definition) is 3. The molecule has 2 aromatic carbocycles. The van der Waals surface area contributed by atoms with E-state index in [0.29, 0.717) is 17.8 Å². The van der Waals surface area contributed by atoms with Gasteiger partial charge in [0.1, 0.15) is 6.10 Å². The van der Waals surface area contributed by atoms with Gasteiger partial charge in [0.05, 0.1) is 18.2 Å². The summed E-state index contributed by atoms with van der Waals surface area (Å²) in [5.74, 6) is 0. The number of nitriles is 1. The van der Waals surface area contributed by atoms with E-state index in [2.05, 4.69) is 51.1 Å². The lowest BCUT2D eigenvalue weighted by Gasteiger charge is -2.19. The number of hydrogen-bond donors (Lipinski definition) is 0. The van der Waals surface area contributed by atoms with E-state index in [1.807, 2.05) is 6.07 Å². The standard InChI is InChI=1S/C22H24N2O2/c1-22(2,3)18-10-7-16(8-11-18)9-12-20-15-24(21(25)26-20)19-6-4-5-17(13-19)14-23/h4-8,10-11,13,20H,9,12,15H2,1-3H3. The third-order valence-electron chi connectivity index (χ3n) is 4.74. The average molecular weight is 348 g/mol. The van der Waals surface area contributed by atoms with Crippen molar-refractivity contribution in [2.24, 2.45) is 0 Å². The zero-order chi connectivity index (χ0) is 18.7. The van der Waals surface area contributed by atoms with Gasteiger partial charge in [-0.15, -0.1) is 0 Å². The van der Waals surface area contributed by atoms with Gasteiger partial charge in [-0.3, -0.25) is 4.90 Å². The lowest BCUT2D eigenvalue weighted by Crippen LogP contribution is -2.24. The second kappa shape index (κ2) is 7.21. The Hall–Kier alpha value is -2.80. The minimum atomic E-state index is -0.340. The van der Waals surface area contributed by atoms with Gasteiger partial charge in [0.2, 0.25) is 0 Å². The number of nitrogens with zero attached hydrogens (tertiary/aromatic N) is 2. The largest absolute Gasteiger partial charge is 0.444 e. The van der Waals surface area contributed by atoms with E-state index in [1.165, 1.54) is 11.1 Å². The summed E-state index contributed by atoms with van der Waals surface area (Å²) in [6.45, 7) is 7.13. The number of carbonyl (C=O) groups is 1. The molecule has 0 aliphatic carbocycles. The fourth-order valence-corrected chi connectivity index (χ4v) is 3.13. The zero-order valence-corrected chi connectivity index (χ0v) is 15.5. The van der Waals surface area contributed by atoms with Crippen LogP contribution < -0.4 is 4.90 Å². The number of cyclic esters (lactones) is 1. The third kappa shape index (κ3) is 4.05. The molecule has 1 heterocycles. The highest BCUT2D eigenvalue weighted by Gasteiger charge is 2.32. The molecule has 1 fully saturated rings. The molecule has 1 amide bonds. The Kier molecular flexibility index (Phi) is 4.99. The van der Waals surface area contributed by atoms with E-state index < -0.39 is 0 Å². The van der Waals surface area contributed by atoms with Gasteiger partial charge >= 0.3 is 6.09 Å². The molecule has 0 bridgehead atoms. The van der Waals surface area contributed by atoms with Crippen LogP contribution in [0.25, 0.3) is 0 Å². The van der Waals surface area contributed by atoms with E-state index in [0.717, 1.165) is 12.8 Å². The molecule has 0 radical (unpaired) electrons. The van der Waals surface area contributed by atoms with Crippen LogP contribution in [0.2, 0.25) is 0 Å². The SMILES string of the molecule is CC(C)(C)c1ccc(CCC2CN(c3cccc(C#N)c3)C(=O)O2)cc1. The van der Waals surface area contributed by atoms with Crippen molar-refractivity contribution in [3.05, 3.63) is 65.2 Å². The first-order valence-corrected chi connectivity index (χ1v) is 8.94. The van der Waals surface area contributed by atoms with Crippen LogP contribution in [0.3, 0.4) is 0 Å². The number of ether oxygens (including phenoxy) is 1. The van der Waals surface area contributed by atoms with Crippen molar-refractivity contribution in [2.75, 3.05) is 11.4 Å². The molecule has 134 valence electrons. The van der Waals surface area contributed by atoms with Crippen molar-refractivity contribution in [1.82, 2.24) is 0 Å². The normalized spacial score (nSPS) is 17.1. The molecule has 1 atom stereocenters. The molecule has 0 spiro atoms. The van der Waals surface area contributed by atoms with Crippen molar-refractivity contribution >= 4 is 11.8 Å². The van der Waals surface area contributed by atoms with Gasteiger partial charge in [0, 0.05) is 5.69 Å². The summed E-state index contributed by atoms with van der Waals surface area (Å²) in [5, 5.41) is 9.02. The smallest absolute Gasteiger partial charge is 0.414 e. The summed E-state index contributed by atoms with van der Waals surface area (Å²) < 4.78 is 5.51. The maximum Gasteiger partial charge on any atom is 0.414 e. The highest BCUT2D eigenvalue weighted by molar-refractivity contribution is 5.89. The van der Waals surface area contributed by atoms with Crippen molar-refractivity contribution in [2.45, 2.75) is 45.1 Å². The Morgan fingerprint density at radius 2 is 1.92 bits per heavy atom. The number of carbonyl (C=O) groups excluding carboxylic acids is 1. The van der Waals surface area contributed by atoms with Gasteiger partial charge in [-0.25, -0.2) is 4.79 Å². The summed E-state index contributed by atoms with van der Waals surface area (Å²) in [5.41, 5.74) is 3.97. The molecule has 3 rings (SSSR count). The monoisotopic (exact) mass is 348 g/mol. The molecule has 0 aromatic heterocycles. The second-order valence-corrected chi connectivity index (χ2v) is 7.76. The molecule has 26 heavy (non-hydrogen) atoms. The summed E-state index contributed by atoms with van der Waals surface area (Å²) in [7, 11) is 0. The predicted molar refractivity (Wildman–Crippen MR) is 102 cm³/mol. The van der Waals surface area contributed by atoms with Gasteiger partial charge in [-0.1, -0.05) is 51.1 Å². The van der Waals surface area contributed by atoms with E-state index in [1.54, 1.807) is 23.1 Å². The van der Waals surface area contributed by atoms with Crippen LogP contribution >= 0.6 is 0 Å². The number of amides is 1. The fourth-order valence-electron chi connectivity index (χ4n) is 3.13. The van der Waals surface area contributed by atoms with E-state index >= 15 is 0 Å². The minimum absolute atomic E-state index is 0.129. The van der Waals surface area contributed by atoms with Crippen LogP contribution in [0.4, 0.5) is 10.5 Å². The molecule has 1 aliphatic rings. The number of rotatable bonds is 4. The lowest BCUT2D eigenvalue weighted by atomic mass is 9.86. The Bertz CT molecular complexity index is 828. The quantitative estimate of drug-likeness (QED) is 0.796. The Morgan fingerprint density at radius 1 is 1.19 bits per heavy atom. The molecule has 1 saturated heterocycles. The van der Waals surface area contributed by atoms with Crippen LogP contribution in [0.5, 0.6) is 0 Å². The van der Waals surface area contributed by atoms with Crippen LogP contribution in [0, 0.1) is 11.3 Å². The van der Waals surface area contributed by atoms with Crippen LogP contribution in [-0.4, -0.2) is 18.7 Å². The van der Waals surface area contributed by atoms with Gasteiger partial charge < -0.3 is 4.74 Å². The van der Waals surface area contributed by atoms with Crippen molar-refractivity contribution < 1.29 is 9.53 Å². The van der Waals surface area contributed by atoms with Crippen molar-refractivity contribution in [1.29, 1.82) is 5.26 Å². The molecule has 0 N–H and O–H groups in total. The van der Waals surface area contributed by atoms with Crippen LogP contribution in [0.15, 0.2) is 48.5 Å². The molecular formula is C22H24N2O2. The highest BCUT2D eigenvalue weighted by atomic mass is 16.6.